The second-order valence-corrected chi connectivity index (χ2v) is 4.91. The summed E-state index contributed by atoms with van der Waals surface area (Å²) in [6, 6.07) is 2.79. The molecule has 0 saturated carbocycles. The Hall–Kier alpha value is -1.71. The lowest BCUT2D eigenvalue weighted by molar-refractivity contribution is 0.515. The van der Waals surface area contributed by atoms with E-state index in [4.69, 9.17) is 0 Å². The molecule has 0 amide bonds. The molecule has 0 spiro atoms. The van der Waals surface area contributed by atoms with Crippen molar-refractivity contribution in [3.05, 3.63) is 35.0 Å². The molecule has 1 aromatic heterocycles. The third-order valence-electron chi connectivity index (χ3n) is 3.68. The maximum atomic E-state index is 13.9. The molecule has 1 aliphatic rings. The minimum absolute atomic E-state index is 0.150. The standard InChI is InChI=1S/C15H16F2N2/c1-2-18-14-9-5-3-4-6-12(9)19-15-10(14)7-8-11(16)13(15)17/h7-8H,2-6H2,1H3,(H,18,19). The molecule has 1 aromatic carbocycles. The zero-order valence-electron chi connectivity index (χ0n) is 10.9. The third-order valence-corrected chi connectivity index (χ3v) is 3.68. The lowest BCUT2D eigenvalue weighted by atomic mass is 9.92. The molecule has 0 saturated heterocycles. The Labute approximate surface area is 110 Å². The number of nitrogens with zero attached hydrogens (tertiary/aromatic N) is 1. The number of nitrogens with one attached hydrogen (secondary N) is 1. The van der Waals surface area contributed by atoms with Crippen molar-refractivity contribution in [1.82, 2.24) is 4.98 Å². The molecule has 2 aromatic rings. The maximum absolute atomic E-state index is 13.9. The Bertz CT molecular complexity index is 638. The summed E-state index contributed by atoms with van der Waals surface area (Å²) in [4.78, 5) is 4.36. The van der Waals surface area contributed by atoms with Gasteiger partial charge < -0.3 is 5.32 Å². The predicted octanol–water partition coefficient (Wildman–Crippen LogP) is 3.82. The van der Waals surface area contributed by atoms with Crippen LogP contribution in [0.2, 0.25) is 0 Å². The van der Waals surface area contributed by atoms with Crippen LogP contribution in [0.15, 0.2) is 12.1 Å². The molecular weight excluding hydrogens is 246 g/mol. The topological polar surface area (TPSA) is 24.9 Å². The van der Waals surface area contributed by atoms with E-state index in [1.165, 1.54) is 11.6 Å². The zero-order valence-corrected chi connectivity index (χ0v) is 10.9. The molecule has 4 heteroatoms. The van der Waals surface area contributed by atoms with Crippen LogP contribution in [0, 0.1) is 11.6 Å². The van der Waals surface area contributed by atoms with E-state index in [0.717, 1.165) is 43.6 Å². The summed E-state index contributed by atoms with van der Waals surface area (Å²) in [6.45, 7) is 2.76. The summed E-state index contributed by atoms with van der Waals surface area (Å²) >= 11 is 0. The van der Waals surface area contributed by atoms with E-state index in [1.54, 1.807) is 6.07 Å². The predicted molar refractivity (Wildman–Crippen MR) is 72.5 cm³/mol. The van der Waals surface area contributed by atoms with Crippen molar-refractivity contribution in [3.8, 4) is 0 Å². The van der Waals surface area contributed by atoms with Gasteiger partial charge in [-0.3, -0.25) is 0 Å². The van der Waals surface area contributed by atoms with Crippen LogP contribution in [0.3, 0.4) is 0 Å². The number of benzene rings is 1. The van der Waals surface area contributed by atoms with Crippen LogP contribution in [0.1, 0.15) is 31.0 Å². The van der Waals surface area contributed by atoms with Gasteiger partial charge in [0.1, 0.15) is 5.52 Å². The average Bonchev–Trinajstić information content (AvgIpc) is 2.43. The van der Waals surface area contributed by atoms with Gasteiger partial charge in [-0.2, -0.15) is 0 Å². The molecule has 3 rings (SSSR count). The van der Waals surface area contributed by atoms with Crippen LogP contribution in [-0.2, 0) is 12.8 Å². The first-order valence-electron chi connectivity index (χ1n) is 6.75. The van der Waals surface area contributed by atoms with Crippen molar-refractivity contribution in [2.75, 3.05) is 11.9 Å². The molecule has 19 heavy (non-hydrogen) atoms. The molecule has 1 N–H and O–H groups in total. The summed E-state index contributed by atoms with van der Waals surface area (Å²) in [7, 11) is 0. The SMILES string of the molecule is CCNc1c2c(nc3c(F)c(F)ccc13)CCCC2. The van der Waals surface area contributed by atoms with Gasteiger partial charge in [-0.25, -0.2) is 13.8 Å². The summed E-state index contributed by atoms with van der Waals surface area (Å²) < 4.78 is 27.3. The van der Waals surface area contributed by atoms with Crippen LogP contribution in [0.25, 0.3) is 10.9 Å². The van der Waals surface area contributed by atoms with Crippen molar-refractivity contribution in [3.63, 3.8) is 0 Å². The minimum atomic E-state index is -0.843. The molecule has 1 heterocycles. The summed E-state index contributed by atoms with van der Waals surface area (Å²) in [6.07, 6.45) is 4.00. The van der Waals surface area contributed by atoms with Gasteiger partial charge in [0.25, 0.3) is 0 Å². The first-order valence-corrected chi connectivity index (χ1v) is 6.75. The molecule has 2 nitrogen and oxygen atoms in total. The first-order chi connectivity index (χ1) is 9.22. The molecule has 0 aliphatic heterocycles. The van der Waals surface area contributed by atoms with Crippen LogP contribution < -0.4 is 5.32 Å². The van der Waals surface area contributed by atoms with E-state index in [0.29, 0.717) is 5.39 Å². The lowest BCUT2D eigenvalue weighted by Crippen LogP contribution is -2.12. The Morgan fingerprint density at radius 1 is 1.21 bits per heavy atom. The second-order valence-electron chi connectivity index (χ2n) is 4.91. The number of aromatic nitrogens is 1. The molecule has 100 valence electrons. The molecule has 0 bridgehead atoms. The highest BCUT2D eigenvalue weighted by Gasteiger charge is 2.20. The smallest absolute Gasteiger partial charge is 0.185 e. The van der Waals surface area contributed by atoms with Crippen molar-refractivity contribution < 1.29 is 8.78 Å². The average molecular weight is 262 g/mol. The van der Waals surface area contributed by atoms with E-state index in [9.17, 15) is 8.78 Å². The fraction of sp³-hybridized carbons (Fsp3) is 0.400. The number of aryl methyl sites for hydroxylation is 1. The first kappa shape index (κ1) is 12.3. The quantitative estimate of drug-likeness (QED) is 0.889. The van der Waals surface area contributed by atoms with E-state index in [-0.39, 0.29) is 5.52 Å². The summed E-state index contributed by atoms with van der Waals surface area (Å²) in [5.41, 5.74) is 3.17. The van der Waals surface area contributed by atoms with E-state index >= 15 is 0 Å². The monoisotopic (exact) mass is 262 g/mol. The molecule has 0 fully saturated rings. The van der Waals surface area contributed by atoms with Gasteiger partial charge in [-0.15, -0.1) is 0 Å². The fourth-order valence-corrected chi connectivity index (χ4v) is 2.81. The Morgan fingerprint density at radius 2 is 2.00 bits per heavy atom. The van der Waals surface area contributed by atoms with Crippen molar-refractivity contribution in [2.45, 2.75) is 32.6 Å². The number of anilines is 1. The lowest BCUT2D eigenvalue weighted by Gasteiger charge is -2.21. The Kier molecular flexibility index (Phi) is 3.09. The van der Waals surface area contributed by atoms with Gasteiger partial charge in [-0.05, 0) is 50.3 Å². The highest BCUT2D eigenvalue weighted by Crippen LogP contribution is 2.34. The molecule has 0 unspecified atom stereocenters. The van der Waals surface area contributed by atoms with Crippen LogP contribution in [0.5, 0.6) is 0 Å². The number of halogens is 2. The van der Waals surface area contributed by atoms with Crippen LogP contribution in [0.4, 0.5) is 14.5 Å². The van der Waals surface area contributed by atoms with E-state index in [2.05, 4.69) is 10.3 Å². The van der Waals surface area contributed by atoms with Gasteiger partial charge >= 0.3 is 0 Å². The Morgan fingerprint density at radius 3 is 2.79 bits per heavy atom. The van der Waals surface area contributed by atoms with Gasteiger partial charge in [0.15, 0.2) is 11.6 Å². The van der Waals surface area contributed by atoms with Gasteiger partial charge in [0.2, 0.25) is 0 Å². The molecule has 0 atom stereocenters. The van der Waals surface area contributed by atoms with Gasteiger partial charge in [0, 0.05) is 23.3 Å². The number of rotatable bonds is 2. The third kappa shape index (κ3) is 1.95. The van der Waals surface area contributed by atoms with Crippen molar-refractivity contribution in [2.24, 2.45) is 0 Å². The van der Waals surface area contributed by atoms with E-state index in [1.807, 2.05) is 6.92 Å². The highest BCUT2D eigenvalue weighted by atomic mass is 19.2. The normalized spacial score (nSPS) is 14.5. The fourth-order valence-electron chi connectivity index (χ4n) is 2.81. The minimum Gasteiger partial charge on any atom is -0.384 e. The second kappa shape index (κ2) is 4.76. The largest absolute Gasteiger partial charge is 0.384 e. The molecule has 0 radical (unpaired) electrons. The summed E-state index contributed by atoms with van der Waals surface area (Å²) in [5, 5.41) is 3.98. The van der Waals surface area contributed by atoms with Crippen LogP contribution >= 0.6 is 0 Å². The van der Waals surface area contributed by atoms with Crippen molar-refractivity contribution in [1.29, 1.82) is 0 Å². The van der Waals surface area contributed by atoms with Gasteiger partial charge in [-0.1, -0.05) is 0 Å². The Balaban J connectivity index is 2.35. The van der Waals surface area contributed by atoms with Crippen molar-refractivity contribution >= 4 is 16.6 Å². The number of hydrogen-bond acceptors (Lipinski definition) is 2. The highest BCUT2D eigenvalue weighted by molar-refractivity contribution is 5.94. The van der Waals surface area contributed by atoms with E-state index < -0.39 is 11.6 Å². The number of fused-ring (bicyclic) bond motifs is 2. The molecule has 1 aliphatic carbocycles. The maximum Gasteiger partial charge on any atom is 0.185 e. The van der Waals surface area contributed by atoms with Crippen LogP contribution in [-0.4, -0.2) is 11.5 Å². The number of pyridine rings is 1. The summed E-state index contributed by atoms with van der Waals surface area (Å²) in [5.74, 6) is -1.68. The molecular formula is C15H16F2N2. The van der Waals surface area contributed by atoms with Gasteiger partial charge in [0.05, 0.1) is 0 Å². The number of hydrogen-bond donors (Lipinski definition) is 1. The zero-order chi connectivity index (χ0) is 13.4.